The third kappa shape index (κ3) is 7.36. The fraction of sp³-hybridized carbons (Fsp3) is 0.895. The molecule has 4 heteroatoms. The molecule has 134 valence electrons. The zero-order valence-electron chi connectivity index (χ0n) is 15.1. The highest BCUT2D eigenvalue weighted by atomic mass is 16.5. The maximum Gasteiger partial charge on any atom is 0.309 e. The van der Waals surface area contributed by atoms with E-state index in [2.05, 4.69) is 20.8 Å². The van der Waals surface area contributed by atoms with E-state index in [0.717, 1.165) is 25.7 Å². The summed E-state index contributed by atoms with van der Waals surface area (Å²) < 4.78 is 5.75. The van der Waals surface area contributed by atoms with Crippen LogP contribution in [0.4, 0.5) is 0 Å². The minimum Gasteiger partial charge on any atom is -0.481 e. The monoisotopic (exact) mass is 326 g/mol. The van der Waals surface area contributed by atoms with E-state index in [1.54, 1.807) is 0 Å². The Bertz CT molecular complexity index is 364. The highest BCUT2D eigenvalue weighted by Crippen LogP contribution is 2.31. The van der Waals surface area contributed by atoms with Gasteiger partial charge in [0, 0.05) is 0 Å². The van der Waals surface area contributed by atoms with Gasteiger partial charge in [-0.1, -0.05) is 52.9 Å². The first-order chi connectivity index (χ1) is 11.0. The molecule has 0 aromatic rings. The topological polar surface area (TPSA) is 63.6 Å². The molecule has 0 bridgehead atoms. The van der Waals surface area contributed by atoms with Crippen molar-refractivity contribution in [1.29, 1.82) is 0 Å². The summed E-state index contributed by atoms with van der Waals surface area (Å²) in [6.45, 7) is 6.38. The standard InChI is InChI=1S/C19H34O4/c1-4-5-6-7-8-12-17(14(2)3)23-19(22)16-11-9-10-15(13-16)18(20)21/h14-17H,4-13H2,1-3H3,(H,20,21). The molecule has 3 unspecified atom stereocenters. The minimum absolute atomic E-state index is 0.0330. The van der Waals surface area contributed by atoms with E-state index >= 15 is 0 Å². The van der Waals surface area contributed by atoms with Crippen LogP contribution < -0.4 is 0 Å². The molecule has 1 aliphatic rings. The average Bonchev–Trinajstić information content (AvgIpc) is 2.53. The summed E-state index contributed by atoms with van der Waals surface area (Å²) in [6.07, 6.45) is 9.62. The van der Waals surface area contributed by atoms with Gasteiger partial charge in [-0.25, -0.2) is 0 Å². The van der Waals surface area contributed by atoms with Crippen molar-refractivity contribution in [3.63, 3.8) is 0 Å². The number of hydrogen-bond acceptors (Lipinski definition) is 3. The Morgan fingerprint density at radius 1 is 1.09 bits per heavy atom. The number of rotatable bonds is 10. The molecule has 0 amide bonds. The highest BCUT2D eigenvalue weighted by molar-refractivity contribution is 5.75. The maximum absolute atomic E-state index is 12.4. The van der Waals surface area contributed by atoms with Crippen molar-refractivity contribution < 1.29 is 19.4 Å². The molecular formula is C19H34O4. The fourth-order valence-corrected chi connectivity index (χ4v) is 3.35. The Labute approximate surface area is 141 Å². The van der Waals surface area contributed by atoms with Crippen molar-refractivity contribution >= 4 is 11.9 Å². The lowest BCUT2D eigenvalue weighted by molar-refractivity contribution is -0.159. The SMILES string of the molecule is CCCCCCCC(OC(=O)C1CCCC(C(=O)O)C1)C(C)C. The molecule has 3 atom stereocenters. The Balaban J connectivity index is 2.42. The summed E-state index contributed by atoms with van der Waals surface area (Å²) in [5.41, 5.74) is 0. The number of carbonyl (C=O) groups excluding carboxylic acids is 1. The quantitative estimate of drug-likeness (QED) is 0.462. The number of carbonyl (C=O) groups is 2. The Morgan fingerprint density at radius 2 is 1.74 bits per heavy atom. The highest BCUT2D eigenvalue weighted by Gasteiger charge is 2.33. The summed E-state index contributed by atoms with van der Waals surface area (Å²) in [5.74, 6) is -1.26. The Morgan fingerprint density at radius 3 is 2.35 bits per heavy atom. The number of carboxylic acids is 1. The molecule has 0 aromatic carbocycles. The first-order valence-electron chi connectivity index (χ1n) is 9.39. The van der Waals surface area contributed by atoms with Gasteiger partial charge in [0.15, 0.2) is 0 Å². The fourth-order valence-electron chi connectivity index (χ4n) is 3.35. The molecule has 0 aliphatic heterocycles. The largest absolute Gasteiger partial charge is 0.481 e. The molecule has 0 saturated heterocycles. The summed E-state index contributed by atoms with van der Waals surface area (Å²) in [5, 5.41) is 9.14. The van der Waals surface area contributed by atoms with Gasteiger partial charge in [-0.2, -0.15) is 0 Å². The van der Waals surface area contributed by atoms with E-state index in [9.17, 15) is 9.59 Å². The van der Waals surface area contributed by atoms with Gasteiger partial charge >= 0.3 is 11.9 Å². The molecule has 1 N–H and O–H groups in total. The van der Waals surface area contributed by atoms with Gasteiger partial charge in [0.25, 0.3) is 0 Å². The minimum atomic E-state index is -0.779. The Hall–Kier alpha value is -1.06. The van der Waals surface area contributed by atoms with Crippen LogP contribution in [0.5, 0.6) is 0 Å². The van der Waals surface area contributed by atoms with Crippen LogP contribution >= 0.6 is 0 Å². The predicted octanol–water partition coefficient (Wildman–Crippen LogP) is 4.81. The number of esters is 1. The molecule has 4 nitrogen and oxygen atoms in total. The van der Waals surface area contributed by atoms with Crippen molar-refractivity contribution in [2.75, 3.05) is 0 Å². The van der Waals surface area contributed by atoms with Crippen LogP contribution in [0.3, 0.4) is 0 Å². The van der Waals surface area contributed by atoms with E-state index in [-0.39, 0.29) is 23.9 Å². The zero-order chi connectivity index (χ0) is 17.2. The van der Waals surface area contributed by atoms with Crippen molar-refractivity contribution in [1.82, 2.24) is 0 Å². The van der Waals surface area contributed by atoms with Crippen molar-refractivity contribution in [3.05, 3.63) is 0 Å². The number of unbranched alkanes of at least 4 members (excludes halogenated alkanes) is 4. The van der Waals surface area contributed by atoms with Gasteiger partial charge in [0.2, 0.25) is 0 Å². The van der Waals surface area contributed by atoms with Gasteiger partial charge in [-0.05, 0) is 38.0 Å². The predicted molar refractivity (Wildman–Crippen MR) is 91.2 cm³/mol. The van der Waals surface area contributed by atoms with Crippen molar-refractivity contribution in [3.8, 4) is 0 Å². The molecule has 1 aliphatic carbocycles. The van der Waals surface area contributed by atoms with Crippen LogP contribution in [0.2, 0.25) is 0 Å². The van der Waals surface area contributed by atoms with Gasteiger partial charge < -0.3 is 9.84 Å². The number of hydrogen-bond donors (Lipinski definition) is 1. The van der Waals surface area contributed by atoms with Crippen LogP contribution in [-0.2, 0) is 14.3 Å². The van der Waals surface area contributed by atoms with Crippen LogP contribution in [0.15, 0.2) is 0 Å². The second kappa shape index (κ2) is 10.7. The maximum atomic E-state index is 12.4. The molecule has 1 fully saturated rings. The summed E-state index contributed by atoms with van der Waals surface area (Å²) >= 11 is 0. The average molecular weight is 326 g/mol. The Kier molecular flexibility index (Phi) is 9.27. The molecule has 1 saturated carbocycles. The molecule has 0 aromatic heterocycles. The normalized spacial score (nSPS) is 22.8. The molecule has 0 spiro atoms. The van der Waals surface area contributed by atoms with Gasteiger partial charge in [0.05, 0.1) is 11.8 Å². The zero-order valence-corrected chi connectivity index (χ0v) is 15.1. The number of ether oxygens (including phenoxy) is 1. The van der Waals surface area contributed by atoms with Crippen LogP contribution in [0.1, 0.15) is 85.0 Å². The second-order valence-corrected chi connectivity index (χ2v) is 7.32. The lowest BCUT2D eigenvalue weighted by Gasteiger charge is -2.28. The first kappa shape index (κ1) is 20.0. The van der Waals surface area contributed by atoms with Crippen molar-refractivity contribution in [2.45, 2.75) is 91.1 Å². The molecule has 0 radical (unpaired) electrons. The second-order valence-electron chi connectivity index (χ2n) is 7.32. The van der Waals surface area contributed by atoms with Crippen LogP contribution in [0.25, 0.3) is 0 Å². The molecule has 0 heterocycles. The van der Waals surface area contributed by atoms with E-state index in [4.69, 9.17) is 9.84 Å². The molecule has 1 rings (SSSR count). The van der Waals surface area contributed by atoms with Gasteiger partial charge in [0.1, 0.15) is 6.10 Å². The number of carboxylic acid groups (broad SMARTS) is 1. The molecule has 23 heavy (non-hydrogen) atoms. The summed E-state index contributed by atoms with van der Waals surface area (Å²) in [7, 11) is 0. The first-order valence-corrected chi connectivity index (χ1v) is 9.39. The third-order valence-electron chi connectivity index (χ3n) is 4.96. The van der Waals surface area contributed by atoms with E-state index in [1.807, 2.05) is 0 Å². The van der Waals surface area contributed by atoms with Crippen molar-refractivity contribution in [2.24, 2.45) is 17.8 Å². The lowest BCUT2D eigenvalue weighted by Crippen LogP contribution is -2.32. The van der Waals surface area contributed by atoms with E-state index in [1.165, 1.54) is 25.7 Å². The summed E-state index contributed by atoms with van der Waals surface area (Å²) in [4.78, 5) is 23.5. The third-order valence-corrected chi connectivity index (χ3v) is 4.96. The smallest absolute Gasteiger partial charge is 0.309 e. The van der Waals surface area contributed by atoms with Crippen LogP contribution in [0, 0.1) is 17.8 Å². The lowest BCUT2D eigenvalue weighted by atomic mass is 9.81. The summed E-state index contributed by atoms with van der Waals surface area (Å²) in [6, 6.07) is 0. The number of aliphatic carboxylic acids is 1. The van der Waals surface area contributed by atoms with E-state index < -0.39 is 5.97 Å². The van der Waals surface area contributed by atoms with Gasteiger partial charge in [-0.3, -0.25) is 9.59 Å². The molecular weight excluding hydrogens is 292 g/mol. The van der Waals surface area contributed by atoms with Gasteiger partial charge in [-0.15, -0.1) is 0 Å². The van der Waals surface area contributed by atoms with Crippen LogP contribution in [-0.4, -0.2) is 23.1 Å². The van der Waals surface area contributed by atoms with E-state index in [0.29, 0.717) is 18.8 Å².